The normalized spacial score (nSPS) is 17.3. The average molecular weight is 411 g/mol. The summed E-state index contributed by atoms with van der Waals surface area (Å²) in [6, 6.07) is 4.82. The number of benzene rings is 1. The molecule has 1 fully saturated rings. The van der Waals surface area contributed by atoms with Gasteiger partial charge in [-0.15, -0.1) is 0 Å². The summed E-state index contributed by atoms with van der Waals surface area (Å²) in [6.45, 7) is 11.1. The summed E-state index contributed by atoms with van der Waals surface area (Å²) in [5, 5.41) is 2.91. The standard InChI is InChI=1S/C20H34N4O3S/c1-16-7-8-17(2)19(15-16)24(28(5,26)27)18(3)20(25)21-9-6-10-23-13-11-22(4)12-14-23/h7-8,15,18H,6,9-14H2,1-5H3,(H,21,25)/t18-/m1/s1. The fourth-order valence-corrected chi connectivity index (χ4v) is 4.70. The SMILES string of the molecule is Cc1ccc(C)c(N([C@H](C)C(=O)NCCCN2CCN(C)CC2)S(C)(=O)=O)c1. The Morgan fingerprint density at radius 2 is 1.86 bits per heavy atom. The van der Waals surface area contributed by atoms with Crippen molar-refractivity contribution in [3.8, 4) is 0 Å². The first-order valence-corrected chi connectivity index (χ1v) is 11.7. The molecular weight excluding hydrogens is 376 g/mol. The lowest BCUT2D eigenvalue weighted by molar-refractivity contribution is -0.121. The molecular formula is C20H34N4O3S. The van der Waals surface area contributed by atoms with Crippen LogP contribution >= 0.6 is 0 Å². The third kappa shape index (κ3) is 6.18. The topological polar surface area (TPSA) is 73.0 Å². The van der Waals surface area contributed by atoms with Crippen LogP contribution in [0.5, 0.6) is 0 Å². The maximum atomic E-state index is 12.7. The van der Waals surface area contributed by atoms with Gasteiger partial charge in [-0.25, -0.2) is 8.42 Å². The van der Waals surface area contributed by atoms with Gasteiger partial charge in [0.15, 0.2) is 0 Å². The molecule has 8 heteroatoms. The first kappa shape index (κ1) is 22.6. The Hall–Kier alpha value is -1.64. The predicted octanol–water partition coefficient (Wildman–Crippen LogP) is 1.21. The van der Waals surface area contributed by atoms with Gasteiger partial charge in [0.25, 0.3) is 0 Å². The van der Waals surface area contributed by atoms with E-state index in [1.165, 1.54) is 4.31 Å². The molecule has 0 radical (unpaired) electrons. The molecule has 0 unspecified atom stereocenters. The molecule has 1 heterocycles. The summed E-state index contributed by atoms with van der Waals surface area (Å²) < 4.78 is 26.1. The molecule has 1 aliphatic heterocycles. The van der Waals surface area contributed by atoms with Crippen molar-refractivity contribution in [2.75, 3.05) is 56.9 Å². The van der Waals surface area contributed by atoms with Crippen LogP contribution in [0.2, 0.25) is 0 Å². The lowest BCUT2D eigenvalue weighted by atomic mass is 10.1. The van der Waals surface area contributed by atoms with E-state index in [0.29, 0.717) is 12.2 Å². The monoisotopic (exact) mass is 410 g/mol. The van der Waals surface area contributed by atoms with Gasteiger partial charge in [0.05, 0.1) is 11.9 Å². The molecule has 1 atom stereocenters. The highest BCUT2D eigenvalue weighted by atomic mass is 32.2. The van der Waals surface area contributed by atoms with Crippen molar-refractivity contribution < 1.29 is 13.2 Å². The van der Waals surface area contributed by atoms with Gasteiger partial charge in [-0.2, -0.15) is 0 Å². The Bertz CT molecular complexity index is 774. The lowest BCUT2D eigenvalue weighted by Gasteiger charge is -2.32. The number of sulfonamides is 1. The molecule has 0 bridgehead atoms. The van der Waals surface area contributed by atoms with Gasteiger partial charge in [0.2, 0.25) is 15.9 Å². The van der Waals surface area contributed by atoms with E-state index < -0.39 is 16.1 Å². The fraction of sp³-hybridized carbons (Fsp3) is 0.650. The molecule has 0 saturated carbocycles. The highest BCUT2D eigenvalue weighted by Gasteiger charge is 2.30. The van der Waals surface area contributed by atoms with E-state index in [-0.39, 0.29) is 5.91 Å². The van der Waals surface area contributed by atoms with Crippen LogP contribution in [0.3, 0.4) is 0 Å². The van der Waals surface area contributed by atoms with Gasteiger partial charge >= 0.3 is 0 Å². The Morgan fingerprint density at radius 3 is 2.46 bits per heavy atom. The number of likely N-dealkylation sites (N-methyl/N-ethyl adjacent to an activating group) is 1. The third-order valence-corrected chi connectivity index (χ3v) is 6.46. The van der Waals surface area contributed by atoms with Crippen LogP contribution in [0.15, 0.2) is 18.2 Å². The largest absolute Gasteiger partial charge is 0.354 e. The maximum absolute atomic E-state index is 12.7. The van der Waals surface area contributed by atoms with Gasteiger partial charge in [-0.3, -0.25) is 9.10 Å². The average Bonchev–Trinajstić information content (AvgIpc) is 2.62. The highest BCUT2D eigenvalue weighted by Crippen LogP contribution is 2.26. The van der Waals surface area contributed by atoms with E-state index in [4.69, 9.17) is 0 Å². The van der Waals surface area contributed by atoms with Crippen molar-refractivity contribution >= 4 is 21.6 Å². The zero-order valence-corrected chi connectivity index (χ0v) is 18.6. The predicted molar refractivity (Wildman–Crippen MR) is 114 cm³/mol. The zero-order chi connectivity index (χ0) is 20.9. The summed E-state index contributed by atoms with van der Waals surface area (Å²) >= 11 is 0. The van der Waals surface area contributed by atoms with Crippen LogP contribution in [-0.2, 0) is 14.8 Å². The van der Waals surface area contributed by atoms with Crippen molar-refractivity contribution in [2.45, 2.75) is 33.2 Å². The molecule has 1 aliphatic rings. The first-order valence-electron chi connectivity index (χ1n) is 9.85. The fourth-order valence-electron chi connectivity index (χ4n) is 3.47. The molecule has 1 aromatic rings. The van der Waals surface area contributed by atoms with Gasteiger partial charge in [0, 0.05) is 32.7 Å². The molecule has 1 amide bonds. The van der Waals surface area contributed by atoms with Crippen LogP contribution < -0.4 is 9.62 Å². The van der Waals surface area contributed by atoms with E-state index >= 15 is 0 Å². The number of anilines is 1. The Labute approximate surface area is 169 Å². The second-order valence-electron chi connectivity index (χ2n) is 7.81. The number of aryl methyl sites for hydroxylation is 2. The van der Waals surface area contributed by atoms with Crippen molar-refractivity contribution in [2.24, 2.45) is 0 Å². The van der Waals surface area contributed by atoms with Gasteiger partial charge in [-0.05, 0) is 58.0 Å². The number of rotatable bonds is 8. The van der Waals surface area contributed by atoms with E-state index in [9.17, 15) is 13.2 Å². The molecule has 0 spiro atoms. The molecule has 1 aromatic carbocycles. The molecule has 158 valence electrons. The minimum absolute atomic E-state index is 0.273. The number of carbonyl (C=O) groups excluding carboxylic acids is 1. The molecule has 1 saturated heterocycles. The quantitative estimate of drug-likeness (QED) is 0.652. The number of hydrogen-bond acceptors (Lipinski definition) is 5. The maximum Gasteiger partial charge on any atom is 0.243 e. The summed E-state index contributed by atoms with van der Waals surface area (Å²) in [5.41, 5.74) is 2.34. The number of nitrogens with zero attached hydrogens (tertiary/aromatic N) is 3. The van der Waals surface area contributed by atoms with Gasteiger partial charge < -0.3 is 15.1 Å². The second-order valence-corrected chi connectivity index (χ2v) is 9.67. The Morgan fingerprint density at radius 1 is 1.21 bits per heavy atom. The minimum Gasteiger partial charge on any atom is -0.354 e. The number of piperazine rings is 1. The summed E-state index contributed by atoms with van der Waals surface area (Å²) in [5.74, 6) is -0.273. The van der Waals surface area contributed by atoms with E-state index in [2.05, 4.69) is 22.2 Å². The summed E-state index contributed by atoms with van der Waals surface area (Å²) in [4.78, 5) is 17.4. The smallest absolute Gasteiger partial charge is 0.243 e. The number of carbonyl (C=O) groups is 1. The molecule has 0 aliphatic carbocycles. The van der Waals surface area contributed by atoms with Crippen molar-refractivity contribution in [1.82, 2.24) is 15.1 Å². The number of amides is 1. The van der Waals surface area contributed by atoms with E-state index in [1.54, 1.807) is 6.92 Å². The molecule has 28 heavy (non-hydrogen) atoms. The minimum atomic E-state index is -3.59. The Balaban J connectivity index is 1.95. The molecule has 0 aromatic heterocycles. The molecule has 1 N–H and O–H groups in total. The van der Waals surface area contributed by atoms with Crippen LogP contribution in [-0.4, -0.2) is 82.7 Å². The number of nitrogens with one attached hydrogen (secondary N) is 1. The van der Waals surface area contributed by atoms with Crippen molar-refractivity contribution in [1.29, 1.82) is 0 Å². The lowest BCUT2D eigenvalue weighted by Crippen LogP contribution is -2.49. The van der Waals surface area contributed by atoms with Crippen LogP contribution in [0.1, 0.15) is 24.5 Å². The van der Waals surface area contributed by atoms with Gasteiger partial charge in [0.1, 0.15) is 6.04 Å². The Kier molecular flexibility index (Phi) is 7.86. The highest BCUT2D eigenvalue weighted by molar-refractivity contribution is 7.92. The second kappa shape index (κ2) is 9.71. The number of hydrogen-bond donors (Lipinski definition) is 1. The van der Waals surface area contributed by atoms with Crippen molar-refractivity contribution in [3.63, 3.8) is 0 Å². The summed E-state index contributed by atoms with van der Waals surface area (Å²) in [7, 11) is -1.47. The third-order valence-electron chi connectivity index (χ3n) is 5.24. The molecule has 7 nitrogen and oxygen atoms in total. The van der Waals surface area contributed by atoms with Crippen LogP contribution in [0, 0.1) is 13.8 Å². The van der Waals surface area contributed by atoms with E-state index in [1.807, 2.05) is 32.0 Å². The van der Waals surface area contributed by atoms with Crippen molar-refractivity contribution in [3.05, 3.63) is 29.3 Å². The van der Waals surface area contributed by atoms with Gasteiger partial charge in [-0.1, -0.05) is 12.1 Å². The first-order chi connectivity index (χ1) is 13.1. The van der Waals surface area contributed by atoms with Crippen LogP contribution in [0.25, 0.3) is 0 Å². The molecule has 2 rings (SSSR count). The van der Waals surface area contributed by atoms with Crippen LogP contribution in [0.4, 0.5) is 5.69 Å². The summed E-state index contributed by atoms with van der Waals surface area (Å²) in [6.07, 6.45) is 2.00. The zero-order valence-electron chi connectivity index (χ0n) is 17.7. The van der Waals surface area contributed by atoms with E-state index in [0.717, 1.165) is 56.5 Å².